The molecule has 0 radical (unpaired) electrons. The van der Waals surface area contributed by atoms with Crippen molar-refractivity contribution in [2.24, 2.45) is 11.5 Å². The Labute approximate surface area is 572 Å². The summed E-state index contributed by atoms with van der Waals surface area (Å²) in [4.78, 5) is 215. The van der Waals surface area contributed by atoms with Crippen LogP contribution in [0.3, 0.4) is 0 Å². The number of phosphoric ester groups is 1. The molecule has 98 heavy (non-hydrogen) atoms. The topological polar surface area (TPSA) is 487 Å². The maximum atomic E-state index is 14.5. The number of carboxylic acid groups (broad SMARTS) is 2. The maximum absolute atomic E-state index is 14.5. The molecule has 5 heterocycles. The van der Waals surface area contributed by atoms with Crippen LogP contribution in [0.1, 0.15) is 207 Å². The molecular formula is C64H106N13O20P. The van der Waals surface area contributed by atoms with Crippen molar-refractivity contribution in [1.82, 2.24) is 56.4 Å². The van der Waals surface area contributed by atoms with Gasteiger partial charge in [-0.3, -0.25) is 66.9 Å². The number of unbranched alkanes of at least 4 members (excludes halogenated alkanes) is 11. The fourth-order valence-corrected chi connectivity index (χ4v) is 13.9. The number of carboxylic acids is 2. The fraction of sp³-hybridized carbons (Fsp3) is 0.781. The van der Waals surface area contributed by atoms with Gasteiger partial charge in [-0.25, -0.2) is 9.36 Å². The van der Waals surface area contributed by atoms with E-state index in [2.05, 4.69) is 43.3 Å². The van der Waals surface area contributed by atoms with Crippen molar-refractivity contribution in [3.8, 4) is 0 Å². The standard InChI is InChI=1S/C64H106N13O20P/c1-4-5-6-7-8-9-10-11-12-13-14-28-52(79)69-42(22-15-16-33-65)55(83)70-44(30-32-53(80)81)54(82)67-40(2)59(87)75-36-19-25-48(75)62(90)73-34-17-23-46(73)57(85)68-41(3)60(88)76-37-20-26-49(76)63(91)74-35-18-24-47(74)58(86)71-43(29-31-51(66)78)56(84)72-45(39-97-98(94,95)96)61(89)77-38-21-27-50(77)64(92)93/h40-50H,4-39,65H2,1-3H3,(H2,66,78)(H,67,82)(H,68,85)(H,69,79)(H,70,83)(H,71,86)(H,72,84)(H,80,81)(H,92,93)(H2,94,95,96)/t40-,41-,42-,43-,44-,45-,46-,47?,48-,49-,50-/m0/s1. The molecule has 5 aliphatic heterocycles. The number of carbonyl (C=O) groups is 14. The van der Waals surface area contributed by atoms with Crippen molar-refractivity contribution >= 4 is 90.6 Å². The zero-order valence-electron chi connectivity index (χ0n) is 57.0. The molecule has 11 atom stereocenters. The Morgan fingerprint density at radius 1 is 0.459 bits per heavy atom. The van der Waals surface area contributed by atoms with Crippen molar-refractivity contribution < 1.29 is 96.2 Å². The van der Waals surface area contributed by atoms with Crippen LogP contribution in [0.5, 0.6) is 0 Å². The highest BCUT2D eigenvalue weighted by Gasteiger charge is 2.47. The van der Waals surface area contributed by atoms with Gasteiger partial charge in [0.2, 0.25) is 70.9 Å². The number of phosphoric acid groups is 1. The molecule has 0 bridgehead atoms. The van der Waals surface area contributed by atoms with Crippen LogP contribution in [-0.2, 0) is 76.2 Å². The average Bonchev–Trinajstić information content (AvgIpc) is 1.64. The van der Waals surface area contributed by atoms with Crippen molar-refractivity contribution in [3.63, 3.8) is 0 Å². The third-order valence-electron chi connectivity index (χ3n) is 18.8. The summed E-state index contributed by atoms with van der Waals surface area (Å²) in [7, 11) is -5.25. The lowest BCUT2D eigenvalue weighted by molar-refractivity contribution is -0.150. The molecule has 552 valence electrons. The summed E-state index contributed by atoms with van der Waals surface area (Å²) in [5, 5.41) is 34.7. The lowest BCUT2D eigenvalue weighted by Crippen LogP contribution is -2.60. The number of primary amides is 1. The van der Waals surface area contributed by atoms with Gasteiger partial charge in [0.05, 0.1) is 6.61 Å². The minimum Gasteiger partial charge on any atom is -0.481 e. The number of nitrogens with one attached hydrogen (secondary N) is 6. The normalized spacial score (nSPS) is 21.1. The van der Waals surface area contributed by atoms with Gasteiger partial charge in [0.1, 0.15) is 66.5 Å². The quantitative estimate of drug-likeness (QED) is 0.0284. The molecule has 0 aromatic heterocycles. The highest BCUT2D eigenvalue weighted by atomic mass is 31.2. The highest BCUT2D eigenvalue weighted by Crippen LogP contribution is 2.36. The predicted molar refractivity (Wildman–Crippen MR) is 352 cm³/mol. The molecule has 1 unspecified atom stereocenters. The number of carbonyl (C=O) groups excluding carboxylic acids is 12. The van der Waals surface area contributed by atoms with Crippen LogP contribution in [0.4, 0.5) is 0 Å². The summed E-state index contributed by atoms with van der Waals surface area (Å²) in [5.41, 5.74) is 11.1. The molecule has 14 N–H and O–H groups in total. The van der Waals surface area contributed by atoms with Gasteiger partial charge < -0.3 is 87.9 Å². The van der Waals surface area contributed by atoms with Gasteiger partial charge in [-0.05, 0) is 123 Å². The number of nitrogens with zero attached hydrogens (tertiary/aromatic N) is 5. The lowest BCUT2D eigenvalue weighted by atomic mass is 10.0. The molecule has 0 aromatic carbocycles. The van der Waals surface area contributed by atoms with Crippen molar-refractivity contribution in [3.05, 3.63) is 0 Å². The van der Waals surface area contributed by atoms with Crippen LogP contribution in [0.2, 0.25) is 0 Å². The van der Waals surface area contributed by atoms with Crippen LogP contribution in [-0.4, -0.2) is 240 Å². The number of likely N-dealkylation sites (tertiary alicyclic amines) is 5. The first kappa shape index (κ1) is 81.3. The molecule has 33 nitrogen and oxygen atoms in total. The SMILES string of the molecule is CCCCCCCCCCCCCC(=O)N[C@@H](CCCCN)C(=O)N[C@@H](CCC(=O)O)C(=O)N[C@@H](C)C(=O)N1CCC[C@H]1C(=O)N1CCC[C@H]1C(=O)N[C@@H](C)C(=O)N1CCC[C@H]1C(=O)N1CCCC1C(=O)N[C@@H](CCC(N)=O)C(=O)N[C@@H](COP(=O)(O)O)C(=O)N1CCC[C@H]1C(=O)O. The van der Waals surface area contributed by atoms with E-state index in [-0.39, 0.29) is 96.4 Å². The summed E-state index contributed by atoms with van der Waals surface area (Å²) in [5.74, 6) is -11.6. The van der Waals surface area contributed by atoms with E-state index in [0.29, 0.717) is 51.5 Å². The number of aliphatic carboxylic acids is 2. The second-order valence-corrected chi connectivity index (χ2v) is 27.6. The van der Waals surface area contributed by atoms with Crippen LogP contribution >= 0.6 is 7.82 Å². The minimum absolute atomic E-state index is 0.0496. The van der Waals surface area contributed by atoms with Gasteiger partial charge in [0, 0.05) is 52.0 Å². The Balaban J connectivity index is 1.17. The first-order chi connectivity index (χ1) is 46.6. The summed E-state index contributed by atoms with van der Waals surface area (Å²) >= 11 is 0. The van der Waals surface area contributed by atoms with E-state index in [0.717, 1.165) is 30.6 Å². The fourth-order valence-electron chi connectivity index (χ4n) is 13.5. The van der Waals surface area contributed by atoms with E-state index in [1.54, 1.807) is 0 Å². The Morgan fingerprint density at radius 2 is 0.867 bits per heavy atom. The Hall–Kier alpha value is -7.35. The Bertz CT molecular complexity index is 2850. The highest BCUT2D eigenvalue weighted by molar-refractivity contribution is 7.46. The molecule has 5 fully saturated rings. The van der Waals surface area contributed by atoms with Crippen molar-refractivity contribution in [2.45, 2.75) is 273 Å². The van der Waals surface area contributed by atoms with E-state index in [9.17, 15) is 91.7 Å². The van der Waals surface area contributed by atoms with Crippen molar-refractivity contribution in [1.29, 1.82) is 0 Å². The maximum Gasteiger partial charge on any atom is 0.469 e. The Kier molecular flexibility index (Phi) is 33.7. The van der Waals surface area contributed by atoms with Gasteiger partial charge in [0.25, 0.3) is 0 Å². The molecule has 0 aliphatic carbocycles. The average molecular weight is 1410 g/mol. The third kappa shape index (κ3) is 25.1. The summed E-state index contributed by atoms with van der Waals surface area (Å²) in [6.07, 6.45) is 14.2. The number of hydrogen-bond acceptors (Lipinski definition) is 17. The summed E-state index contributed by atoms with van der Waals surface area (Å²) < 4.78 is 16.2. The third-order valence-corrected chi connectivity index (χ3v) is 19.3. The molecule has 5 saturated heterocycles. The monoisotopic (exact) mass is 1410 g/mol. The zero-order valence-corrected chi connectivity index (χ0v) is 57.9. The van der Waals surface area contributed by atoms with Crippen molar-refractivity contribution in [2.75, 3.05) is 45.9 Å². The molecule has 0 saturated carbocycles. The van der Waals surface area contributed by atoms with Gasteiger partial charge in [-0.2, -0.15) is 0 Å². The van der Waals surface area contributed by atoms with Gasteiger partial charge in [0.15, 0.2) is 0 Å². The zero-order chi connectivity index (χ0) is 72.2. The predicted octanol–water partition coefficient (Wildman–Crippen LogP) is 0.0443. The van der Waals surface area contributed by atoms with Gasteiger partial charge in [-0.1, -0.05) is 71.1 Å². The largest absolute Gasteiger partial charge is 0.481 e. The number of rotatable bonds is 42. The summed E-state index contributed by atoms with van der Waals surface area (Å²) in [6, 6.07) is -14.2. The van der Waals surface area contributed by atoms with Crippen LogP contribution < -0.4 is 43.4 Å². The van der Waals surface area contributed by atoms with E-state index < -0.39 is 177 Å². The number of hydrogen-bond donors (Lipinski definition) is 12. The first-order valence-electron chi connectivity index (χ1n) is 35.1. The molecule has 12 amide bonds. The first-order valence-corrected chi connectivity index (χ1v) is 36.6. The minimum atomic E-state index is -5.25. The molecule has 5 rings (SSSR count). The van der Waals surface area contributed by atoms with E-state index in [4.69, 9.17) is 11.5 Å². The van der Waals surface area contributed by atoms with E-state index in [1.165, 1.54) is 72.0 Å². The second-order valence-electron chi connectivity index (χ2n) is 26.3. The van der Waals surface area contributed by atoms with Crippen LogP contribution in [0.15, 0.2) is 0 Å². The van der Waals surface area contributed by atoms with Crippen LogP contribution in [0, 0.1) is 0 Å². The molecular weight excluding hydrogens is 1300 g/mol. The van der Waals surface area contributed by atoms with E-state index >= 15 is 0 Å². The molecule has 0 aromatic rings. The molecule has 5 aliphatic rings. The van der Waals surface area contributed by atoms with E-state index in [1.807, 2.05) is 0 Å². The summed E-state index contributed by atoms with van der Waals surface area (Å²) in [6.45, 7) is 4.56. The number of nitrogens with two attached hydrogens (primary N) is 2. The smallest absolute Gasteiger partial charge is 0.469 e. The van der Waals surface area contributed by atoms with Gasteiger partial charge >= 0.3 is 19.8 Å². The molecule has 34 heteroatoms. The van der Waals surface area contributed by atoms with Crippen LogP contribution in [0.25, 0.3) is 0 Å². The Morgan fingerprint density at radius 3 is 1.35 bits per heavy atom. The number of amides is 12. The molecule has 0 spiro atoms. The van der Waals surface area contributed by atoms with Gasteiger partial charge in [-0.15, -0.1) is 0 Å². The second kappa shape index (κ2) is 40.7. The lowest BCUT2D eigenvalue weighted by Gasteiger charge is -2.34.